The van der Waals surface area contributed by atoms with E-state index in [9.17, 15) is 14.0 Å². The van der Waals surface area contributed by atoms with Crippen molar-refractivity contribution in [2.24, 2.45) is 5.73 Å². The van der Waals surface area contributed by atoms with E-state index in [2.05, 4.69) is 5.32 Å². The number of nitrogens with two attached hydrogens (primary N) is 2. The normalized spacial score (nSPS) is 19.2. The van der Waals surface area contributed by atoms with Gasteiger partial charge in [-0.25, -0.2) is 4.39 Å². The smallest absolute Gasteiger partial charge is 0.238 e. The zero-order valence-corrected chi connectivity index (χ0v) is 11.6. The summed E-state index contributed by atoms with van der Waals surface area (Å²) in [4.78, 5) is 25.1. The predicted molar refractivity (Wildman–Crippen MR) is 77.8 cm³/mol. The first-order chi connectivity index (χ1) is 9.97. The van der Waals surface area contributed by atoms with Crippen LogP contribution in [0, 0.1) is 5.82 Å². The van der Waals surface area contributed by atoms with Gasteiger partial charge >= 0.3 is 0 Å². The van der Waals surface area contributed by atoms with Crippen molar-refractivity contribution < 1.29 is 14.0 Å². The molecule has 7 heteroatoms. The fourth-order valence-electron chi connectivity index (χ4n) is 2.52. The van der Waals surface area contributed by atoms with Gasteiger partial charge in [0, 0.05) is 5.69 Å². The Labute approximate surface area is 122 Å². The molecule has 1 aliphatic heterocycles. The maximum Gasteiger partial charge on any atom is 0.238 e. The van der Waals surface area contributed by atoms with E-state index in [0.29, 0.717) is 18.7 Å². The van der Waals surface area contributed by atoms with Gasteiger partial charge in [0.1, 0.15) is 5.82 Å². The molecule has 1 aromatic rings. The van der Waals surface area contributed by atoms with E-state index < -0.39 is 23.7 Å². The zero-order chi connectivity index (χ0) is 15.4. The number of nitrogens with one attached hydrogen (secondary N) is 1. The molecule has 1 aromatic carbocycles. The van der Waals surface area contributed by atoms with Crippen molar-refractivity contribution in [3.63, 3.8) is 0 Å². The Morgan fingerprint density at radius 1 is 1.38 bits per heavy atom. The highest BCUT2D eigenvalue weighted by Gasteiger charge is 2.28. The number of likely N-dealkylation sites (tertiary alicyclic amines) is 1. The van der Waals surface area contributed by atoms with Gasteiger partial charge in [0.25, 0.3) is 0 Å². The molecule has 6 nitrogen and oxygen atoms in total. The quantitative estimate of drug-likeness (QED) is 0.711. The summed E-state index contributed by atoms with van der Waals surface area (Å²) in [6.07, 6.45) is 2.47. The van der Waals surface area contributed by atoms with Gasteiger partial charge in [-0.1, -0.05) is 6.42 Å². The lowest BCUT2D eigenvalue weighted by atomic mass is 10.0. The number of carbonyl (C=O) groups is 2. The summed E-state index contributed by atoms with van der Waals surface area (Å²) in [5, 5.41) is 2.47. The number of carbonyl (C=O) groups excluding carboxylic acids is 2. The van der Waals surface area contributed by atoms with Crippen LogP contribution in [0.1, 0.15) is 19.3 Å². The average Bonchev–Trinajstić information content (AvgIpc) is 2.43. The molecule has 21 heavy (non-hydrogen) atoms. The third-order valence-electron chi connectivity index (χ3n) is 3.55. The number of halogens is 1. The molecule has 0 saturated carbocycles. The standard InChI is InChI=1S/C14H19FN4O2/c15-10-5-4-9(16)7-11(10)18-13(20)8-19-6-2-1-3-12(19)14(17)21/h4-5,7,12H,1-3,6,8,16H2,(H2,17,21)(H,18,20). The number of nitrogens with zero attached hydrogens (tertiary/aromatic N) is 1. The predicted octanol–water partition coefficient (Wildman–Crippen LogP) is 0.686. The second-order valence-corrected chi connectivity index (χ2v) is 5.17. The Morgan fingerprint density at radius 2 is 2.14 bits per heavy atom. The highest BCUT2D eigenvalue weighted by molar-refractivity contribution is 5.93. The monoisotopic (exact) mass is 294 g/mol. The number of primary amides is 1. The van der Waals surface area contributed by atoms with Gasteiger partial charge < -0.3 is 16.8 Å². The largest absolute Gasteiger partial charge is 0.399 e. The molecular weight excluding hydrogens is 275 g/mol. The summed E-state index contributed by atoms with van der Waals surface area (Å²) in [5.41, 5.74) is 11.3. The molecule has 1 atom stereocenters. The van der Waals surface area contributed by atoms with Crippen molar-refractivity contribution in [1.29, 1.82) is 0 Å². The van der Waals surface area contributed by atoms with Crippen LogP contribution in [0.25, 0.3) is 0 Å². The van der Waals surface area contributed by atoms with Crippen LogP contribution in [-0.4, -0.2) is 35.8 Å². The number of rotatable bonds is 4. The van der Waals surface area contributed by atoms with Crippen LogP contribution < -0.4 is 16.8 Å². The van der Waals surface area contributed by atoms with Gasteiger partial charge in [-0.2, -0.15) is 0 Å². The fourth-order valence-corrected chi connectivity index (χ4v) is 2.52. The maximum atomic E-state index is 13.6. The van der Waals surface area contributed by atoms with Crippen LogP contribution in [0.4, 0.5) is 15.8 Å². The Bertz CT molecular complexity index is 550. The van der Waals surface area contributed by atoms with Crippen molar-refractivity contribution in [2.75, 3.05) is 24.1 Å². The molecule has 0 aromatic heterocycles. The molecule has 0 bridgehead atoms. The molecular formula is C14H19FN4O2. The number of benzene rings is 1. The summed E-state index contributed by atoms with van der Waals surface area (Å²) < 4.78 is 13.6. The first-order valence-electron chi connectivity index (χ1n) is 6.85. The first-order valence-corrected chi connectivity index (χ1v) is 6.85. The van der Waals surface area contributed by atoms with Crippen molar-refractivity contribution in [3.05, 3.63) is 24.0 Å². The molecule has 1 saturated heterocycles. The number of anilines is 2. The van der Waals surface area contributed by atoms with Crippen LogP contribution in [0.15, 0.2) is 18.2 Å². The lowest BCUT2D eigenvalue weighted by Gasteiger charge is -2.32. The molecule has 0 radical (unpaired) electrons. The van der Waals surface area contributed by atoms with E-state index in [1.54, 1.807) is 4.90 Å². The second kappa shape index (κ2) is 6.53. The van der Waals surface area contributed by atoms with Gasteiger partial charge in [-0.05, 0) is 37.6 Å². The fraction of sp³-hybridized carbons (Fsp3) is 0.429. The van der Waals surface area contributed by atoms with Gasteiger partial charge in [-0.15, -0.1) is 0 Å². The molecule has 2 amide bonds. The summed E-state index contributed by atoms with van der Waals surface area (Å²) in [6.45, 7) is 0.627. The van der Waals surface area contributed by atoms with Gasteiger partial charge in [0.2, 0.25) is 11.8 Å². The third-order valence-corrected chi connectivity index (χ3v) is 3.55. The highest BCUT2D eigenvalue weighted by Crippen LogP contribution is 2.19. The molecule has 1 unspecified atom stereocenters. The van der Waals surface area contributed by atoms with E-state index in [0.717, 1.165) is 12.8 Å². The molecule has 5 N–H and O–H groups in total. The van der Waals surface area contributed by atoms with Crippen LogP contribution >= 0.6 is 0 Å². The third kappa shape index (κ3) is 3.91. The number of nitrogen functional groups attached to an aromatic ring is 1. The second-order valence-electron chi connectivity index (χ2n) is 5.17. The van der Waals surface area contributed by atoms with Crippen molar-refractivity contribution in [2.45, 2.75) is 25.3 Å². The minimum Gasteiger partial charge on any atom is -0.399 e. The summed E-state index contributed by atoms with van der Waals surface area (Å²) >= 11 is 0. The van der Waals surface area contributed by atoms with E-state index >= 15 is 0 Å². The van der Waals surface area contributed by atoms with Crippen molar-refractivity contribution in [1.82, 2.24) is 4.90 Å². The Morgan fingerprint density at radius 3 is 2.86 bits per heavy atom. The summed E-state index contributed by atoms with van der Waals surface area (Å²) in [7, 11) is 0. The number of hydrogen-bond donors (Lipinski definition) is 3. The molecule has 1 heterocycles. The van der Waals surface area contributed by atoms with Gasteiger partial charge in [0.05, 0.1) is 18.3 Å². The molecule has 1 aliphatic rings. The number of piperidine rings is 1. The van der Waals surface area contributed by atoms with E-state index in [1.807, 2.05) is 0 Å². The summed E-state index contributed by atoms with van der Waals surface area (Å²) in [6, 6.07) is 3.53. The SMILES string of the molecule is NC(=O)C1CCCCN1CC(=O)Nc1cc(N)ccc1F. The van der Waals surface area contributed by atoms with Crippen LogP contribution in [0.2, 0.25) is 0 Å². The number of hydrogen-bond acceptors (Lipinski definition) is 4. The maximum absolute atomic E-state index is 13.6. The van der Waals surface area contributed by atoms with Crippen molar-refractivity contribution >= 4 is 23.2 Å². The minimum atomic E-state index is -0.553. The molecule has 0 spiro atoms. The van der Waals surface area contributed by atoms with Crippen LogP contribution in [-0.2, 0) is 9.59 Å². The molecule has 0 aliphatic carbocycles. The highest BCUT2D eigenvalue weighted by atomic mass is 19.1. The summed E-state index contributed by atoms with van der Waals surface area (Å²) in [5.74, 6) is -1.38. The average molecular weight is 294 g/mol. The van der Waals surface area contributed by atoms with Crippen LogP contribution in [0.3, 0.4) is 0 Å². The van der Waals surface area contributed by atoms with Gasteiger partial charge in [-0.3, -0.25) is 14.5 Å². The van der Waals surface area contributed by atoms with E-state index in [-0.39, 0.29) is 12.2 Å². The Balaban J connectivity index is 2.00. The zero-order valence-electron chi connectivity index (χ0n) is 11.6. The van der Waals surface area contributed by atoms with E-state index in [1.165, 1.54) is 18.2 Å². The first kappa shape index (κ1) is 15.2. The lowest BCUT2D eigenvalue weighted by Crippen LogP contribution is -2.50. The molecule has 1 fully saturated rings. The van der Waals surface area contributed by atoms with E-state index in [4.69, 9.17) is 11.5 Å². The Kier molecular flexibility index (Phi) is 4.74. The van der Waals surface area contributed by atoms with Crippen LogP contribution in [0.5, 0.6) is 0 Å². The number of amides is 2. The topological polar surface area (TPSA) is 101 Å². The van der Waals surface area contributed by atoms with Crippen molar-refractivity contribution in [3.8, 4) is 0 Å². The lowest BCUT2D eigenvalue weighted by molar-refractivity contribution is -0.126. The Hall–Kier alpha value is -2.15. The van der Waals surface area contributed by atoms with Gasteiger partial charge in [0.15, 0.2) is 0 Å². The minimum absolute atomic E-state index is 0.00183. The molecule has 114 valence electrons. The molecule has 2 rings (SSSR count).